The molecule has 14 nitrogen and oxygen atoms in total. The molecule has 2 aliphatic rings. The largest absolute Gasteiger partial charge is 0.484 e. The summed E-state index contributed by atoms with van der Waals surface area (Å²) in [4.78, 5) is 64.2. The summed E-state index contributed by atoms with van der Waals surface area (Å²) in [7, 11) is 2.02. The summed E-state index contributed by atoms with van der Waals surface area (Å²) in [6.45, 7) is 3.08. The smallest absolute Gasteiger partial charge is 0.311 e. The predicted molar refractivity (Wildman–Crippen MR) is 161 cm³/mol. The molecule has 4 aromatic rings. The van der Waals surface area contributed by atoms with E-state index in [0.717, 1.165) is 25.9 Å². The number of aliphatic hydroxyl groups is 1. The maximum Gasteiger partial charge on any atom is 0.311 e. The minimum atomic E-state index is -1.08. The number of aryl methyl sites for hydroxylation is 1. The van der Waals surface area contributed by atoms with E-state index in [1.807, 2.05) is 7.05 Å². The quantitative estimate of drug-likeness (QED) is 0.126. The van der Waals surface area contributed by atoms with Gasteiger partial charge in [0, 0.05) is 24.8 Å². The van der Waals surface area contributed by atoms with Gasteiger partial charge in [0.2, 0.25) is 0 Å². The lowest BCUT2D eigenvalue weighted by Crippen LogP contribution is -2.46. The van der Waals surface area contributed by atoms with E-state index in [1.54, 1.807) is 31.2 Å². The van der Waals surface area contributed by atoms with Gasteiger partial charge in [-0.2, -0.15) is 0 Å². The van der Waals surface area contributed by atoms with E-state index in [9.17, 15) is 29.6 Å². The third-order valence-electron chi connectivity index (χ3n) is 8.04. The van der Waals surface area contributed by atoms with Crippen molar-refractivity contribution in [1.29, 1.82) is 0 Å². The SMILES string of the molecule is Cc1ccc(OCC(O)CNc2cc[nH]c(=O)c2-c2nc3cc4c(cc3[nH]2)C(=O)N(C2CCN(C)CC2)C4=O)c([N+](=O)[O-])c1. The van der Waals surface area contributed by atoms with Crippen molar-refractivity contribution in [2.45, 2.75) is 31.9 Å². The van der Waals surface area contributed by atoms with E-state index in [4.69, 9.17) is 4.74 Å². The molecule has 2 aromatic heterocycles. The number of ether oxygens (including phenoxy) is 1. The van der Waals surface area contributed by atoms with E-state index in [2.05, 4.69) is 25.2 Å². The molecule has 4 N–H and O–H groups in total. The average Bonchev–Trinajstić information content (AvgIpc) is 3.51. The van der Waals surface area contributed by atoms with E-state index < -0.39 is 16.6 Å². The summed E-state index contributed by atoms with van der Waals surface area (Å²) >= 11 is 0. The van der Waals surface area contributed by atoms with Crippen molar-refractivity contribution in [3.8, 4) is 17.1 Å². The number of anilines is 1. The number of nitrogens with zero attached hydrogens (tertiary/aromatic N) is 4. The van der Waals surface area contributed by atoms with Gasteiger partial charge in [0.15, 0.2) is 5.75 Å². The molecule has 2 aromatic carbocycles. The molecular weight excluding hydrogens is 570 g/mol. The number of hydrogen-bond donors (Lipinski definition) is 4. The number of H-pyrrole nitrogens is 2. The van der Waals surface area contributed by atoms with Crippen LogP contribution in [0.1, 0.15) is 39.1 Å². The van der Waals surface area contributed by atoms with Crippen molar-refractivity contribution in [2.24, 2.45) is 0 Å². The zero-order chi connectivity index (χ0) is 31.1. The van der Waals surface area contributed by atoms with Crippen molar-refractivity contribution in [3.63, 3.8) is 0 Å². The van der Waals surface area contributed by atoms with Gasteiger partial charge in [-0.3, -0.25) is 29.4 Å². The zero-order valence-electron chi connectivity index (χ0n) is 24.1. The van der Waals surface area contributed by atoms with Crippen LogP contribution in [-0.4, -0.2) is 92.0 Å². The summed E-state index contributed by atoms with van der Waals surface area (Å²) < 4.78 is 5.51. The molecule has 0 radical (unpaired) electrons. The Morgan fingerprint density at radius 3 is 2.59 bits per heavy atom. The lowest BCUT2D eigenvalue weighted by atomic mass is 10.0. The summed E-state index contributed by atoms with van der Waals surface area (Å²) in [6.07, 6.45) is 1.81. The summed E-state index contributed by atoms with van der Waals surface area (Å²) in [6, 6.07) is 9.19. The second-order valence-electron chi connectivity index (χ2n) is 11.2. The molecule has 2 amide bonds. The Kier molecular flexibility index (Phi) is 7.61. The van der Waals surface area contributed by atoms with Gasteiger partial charge < -0.3 is 30.0 Å². The molecule has 6 rings (SSSR count). The van der Waals surface area contributed by atoms with Crippen LogP contribution < -0.4 is 15.6 Å². The van der Waals surface area contributed by atoms with E-state index in [1.165, 1.54) is 23.2 Å². The Hall–Kier alpha value is -5.08. The van der Waals surface area contributed by atoms with Crippen molar-refractivity contribution in [3.05, 3.63) is 79.8 Å². The number of pyridine rings is 1. The highest BCUT2D eigenvalue weighted by atomic mass is 16.6. The van der Waals surface area contributed by atoms with Crippen LogP contribution in [0.5, 0.6) is 5.75 Å². The van der Waals surface area contributed by atoms with Crippen LogP contribution in [0.4, 0.5) is 11.4 Å². The number of nitrogens with one attached hydrogen (secondary N) is 3. The maximum atomic E-state index is 13.3. The fraction of sp³-hybridized carbons (Fsp3) is 0.333. The fourth-order valence-corrected chi connectivity index (χ4v) is 5.69. The summed E-state index contributed by atoms with van der Waals surface area (Å²) in [5.41, 5.74) is 2.08. The van der Waals surface area contributed by atoms with Gasteiger partial charge >= 0.3 is 5.69 Å². The molecule has 1 unspecified atom stereocenters. The highest BCUT2D eigenvalue weighted by Gasteiger charge is 2.41. The first kappa shape index (κ1) is 29.0. The number of aliphatic hydroxyl groups excluding tert-OH is 1. The Morgan fingerprint density at radius 2 is 1.86 bits per heavy atom. The maximum absolute atomic E-state index is 13.3. The number of imide groups is 1. The van der Waals surface area contributed by atoms with Gasteiger partial charge in [0.1, 0.15) is 24.1 Å². The number of carbonyl (C=O) groups excluding carboxylic acids is 2. The number of benzene rings is 2. The number of nitro benzene ring substituents is 1. The molecule has 4 heterocycles. The first-order valence-corrected chi connectivity index (χ1v) is 14.2. The van der Waals surface area contributed by atoms with Gasteiger partial charge in [-0.25, -0.2) is 4.98 Å². The number of carbonyl (C=O) groups is 2. The van der Waals surface area contributed by atoms with Gasteiger partial charge in [-0.15, -0.1) is 0 Å². The number of likely N-dealkylation sites (tertiary alicyclic amines) is 1. The van der Waals surface area contributed by atoms with Crippen LogP contribution in [0.15, 0.2) is 47.4 Å². The first-order valence-electron chi connectivity index (χ1n) is 14.2. The van der Waals surface area contributed by atoms with Crippen molar-refractivity contribution in [1.82, 2.24) is 24.8 Å². The number of aromatic amines is 2. The Bertz CT molecular complexity index is 1790. The molecule has 2 aliphatic heterocycles. The number of hydrogen-bond acceptors (Lipinski definition) is 10. The third-order valence-corrected chi connectivity index (χ3v) is 8.04. The Balaban J connectivity index is 1.19. The van der Waals surface area contributed by atoms with Gasteiger partial charge in [-0.05, 0) is 69.7 Å². The van der Waals surface area contributed by atoms with Crippen molar-refractivity contribution >= 4 is 34.2 Å². The van der Waals surface area contributed by atoms with E-state index in [-0.39, 0.29) is 59.4 Å². The number of aromatic nitrogens is 3. The van der Waals surface area contributed by atoms with Crippen LogP contribution in [0, 0.1) is 17.0 Å². The molecule has 0 bridgehead atoms. The first-order chi connectivity index (χ1) is 21.1. The van der Waals surface area contributed by atoms with E-state index >= 15 is 0 Å². The zero-order valence-corrected chi connectivity index (χ0v) is 24.1. The second-order valence-corrected chi connectivity index (χ2v) is 11.2. The number of rotatable bonds is 9. The van der Waals surface area contributed by atoms with Crippen LogP contribution in [0.25, 0.3) is 22.4 Å². The van der Waals surface area contributed by atoms with Crippen LogP contribution in [0.2, 0.25) is 0 Å². The molecule has 1 fully saturated rings. The molecule has 14 heteroatoms. The molecule has 1 atom stereocenters. The lowest BCUT2D eigenvalue weighted by molar-refractivity contribution is -0.386. The second kappa shape index (κ2) is 11.5. The highest BCUT2D eigenvalue weighted by molar-refractivity contribution is 6.23. The van der Waals surface area contributed by atoms with Gasteiger partial charge in [-0.1, -0.05) is 6.07 Å². The predicted octanol–water partition coefficient (Wildman–Crippen LogP) is 2.68. The molecule has 0 spiro atoms. The van der Waals surface area contributed by atoms with Gasteiger partial charge in [0.05, 0.1) is 32.8 Å². The highest BCUT2D eigenvalue weighted by Crippen LogP contribution is 2.33. The van der Waals surface area contributed by atoms with Crippen LogP contribution in [-0.2, 0) is 0 Å². The standard InChI is InChI=1S/C30H31N7O7/c1-16-3-4-25(24(11-16)37(42)43)44-15-18(38)14-32-21-5-8-31-28(39)26(21)27-33-22-12-19-20(13-23(22)34-27)30(41)36(29(19)40)17-6-9-35(2)10-7-17/h3-5,8,11-13,17-18,38H,6-7,9-10,14-15H2,1-2H3,(H,33,34)(H2,31,32,39). The third kappa shape index (κ3) is 5.40. The minimum Gasteiger partial charge on any atom is -0.484 e. The molecule has 1 saturated heterocycles. The number of amides is 2. The lowest BCUT2D eigenvalue weighted by Gasteiger charge is -2.33. The molecular formula is C30H31N7O7. The van der Waals surface area contributed by atoms with Crippen molar-refractivity contribution in [2.75, 3.05) is 38.6 Å². The van der Waals surface area contributed by atoms with Crippen molar-refractivity contribution < 1.29 is 24.4 Å². The minimum absolute atomic E-state index is 0.0390. The molecule has 0 aliphatic carbocycles. The van der Waals surface area contributed by atoms with Crippen LogP contribution in [0.3, 0.4) is 0 Å². The Labute approximate surface area is 250 Å². The van der Waals surface area contributed by atoms with Crippen LogP contribution >= 0.6 is 0 Å². The molecule has 228 valence electrons. The average molecular weight is 602 g/mol. The number of piperidine rings is 1. The normalized spacial score (nSPS) is 16.4. The van der Waals surface area contributed by atoms with E-state index in [0.29, 0.717) is 27.8 Å². The van der Waals surface area contributed by atoms with Gasteiger partial charge in [0.25, 0.3) is 17.4 Å². The fourth-order valence-electron chi connectivity index (χ4n) is 5.69. The number of imidazole rings is 1. The number of nitro groups is 1. The summed E-state index contributed by atoms with van der Waals surface area (Å²) in [5.74, 6) is -0.416. The molecule has 0 saturated carbocycles. The summed E-state index contributed by atoms with van der Waals surface area (Å²) in [5, 5.41) is 24.9. The topological polar surface area (TPSA) is 187 Å². The monoisotopic (exact) mass is 601 g/mol. The molecule has 44 heavy (non-hydrogen) atoms. The number of fused-ring (bicyclic) bond motifs is 2. The Morgan fingerprint density at radius 1 is 1.14 bits per heavy atom.